The molecule has 0 heterocycles. The normalized spacial score (nSPS) is 10.2. The predicted molar refractivity (Wildman–Crippen MR) is 75.7 cm³/mol. The molecule has 98 valence electrons. The summed E-state index contributed by atoms with van der Waals surface area (Å²) in [5, 5.41) is 0. The molecule has 0 saturated heterocycles. The van der Waals surface area contributed by atoms with Crippen molar-refractivity contribution in [2.75, 3.05) is 6.61 Å². The van der Waals surface area contributed by atoms with Crippen LogP contribution < -0.4 is 5.73 Å². The number of carbonyl (C=O) groups is 1. The van der Waals surface area contributed by atoms with E-state index >= 15 is 0 Å². The monoisotopic (exact) mass is 255 g/mol. The van der Waals surface area contributed by atoms with Crippen LogP contribution in [0.2, 0.25) is 0 Å². The number of rotatable bonds is 4. The van der Waals surface area contributed by atoms with Crippen molar-refractivity contribution in [1.82, 2.24) is 0 Å². The molecule has 2 aromatic carbocycles. The second kappa shape index (κ2) is 6.16. The molecule has 2 aromatic rings. The fraction of sp³-hybridized carbons (Fsp3) is 0.188. The molecule has 0 spiro atoms. The molecule has 2 rings (SSSR count). The highest BCUT2D eigenvalue weighted by atomic mass is 16.5. The van der Waals surface area contributed by atoms with Crippen molar-refractivity contribution >= 4 is 5.97 Å². The second-order valence-electron chi connectivity index (χ2n) is 4.16. The maximum atomic E-state index is 11.7. The van der Waals surface area contributed by atoms with E-state index in [0.29, 0.717) is 18.7 Å². The molecule has 2 N–H and O–H groups in total. The van der Waals surface area contributed by atoms with Crippen LogP contribution in [0.4, 0.5) is 0 Å². The van der Waals surface area contributed by atoms with Gasteiger partial charge in [0.15, 0.2) is 0 Å². The molecule has 0 amide bonds. The van der Waals surface area contributed by atoms with Crippen molar-refractivity contribution in [2.24, 2.45) is 5.73 Å². The maximum Gasteiger partial charge on any atom is 0.338 e. The maximum absolute atomic E-state index is 11.7. The van der Waals surface area contributed by atoms with Crippen molar-refractivity contribution in [3.8, 4) is 11.1 Å². The van der Waals surface area contributed by atoms with Crippen LogP contribution in [0.5, 0.6) is 0 Å². The molecule has 19 heavy (non-hydrogen) atoms. The molecule has 3 heteroatoms. The summed E-state index contributed by atoms with van der Waals surface area (Å²) in [5.41, 5.74) is 9.39. The van der Waals surface area contributed by atoms with Crippen LogP contribution >= 0.6 is 0 Å². The first-order valence-corrected chi connectivity index (χ1v) is 6.31. The molecule has 0 bridgehead atoms. The fourth-order valence-electron chi connectivity index (χ4n) is 2.01. The second-order valence-corrected chi connectivity index (χ2v) is 4.16. The summed E-state index contributed by atoms with van der Waals surface area (Å²) >= 11 is 0. The number of hydrogen-bond acceptors (Lipinski definition) is 3. The van der Waals surface area contributed by atoms with Crippen molar-refractivity contribution in [1.29, 1.82) is 0 Å². The molecule has 0 aliphatic rings. The first kappa shape index (κ1) is 13.3. The highest BCUT2D eigenvalue weighted by molar-refractivity contribution is 5.91. The SMILES string of the molecule is CCOC(=O)c1cccc(-c2ccccc2CN)c1. The lowest BCUT2D eigenvalue weighted by Gasteiger charge is -2.09. The third-order valence-corrected chi connectivity index (χ3v) is 2.92. The molecule has 0 aliphatic heterocycles. The van der Waals surface area contributed by atoms with E-state index in [1.807, 2.05) is 42.5 Å². The van der Waals surface area contributed by atoms with Gasteiger partial charge in [0.1, 0.15) is 0 Å². The van der Waals surface area contributed by atoms with Gasteiger partial charge >= 0.3 is 5.97 Å². The van der Waals surface area contributed by atoms with E-state index in [1.165, 1.54) is 0 Å². The van der Waals surface area contributed by atoms with E-state index in [4.69, 9.17) is 10.5 Å². The summed E-state index contributed by atoms with van der Waals surface area (Å²) in [6.07, 6.45) is 0. The van der Waals surface area contributed by atoms with Crippen molar-refractivity contribution in [3.63, 3.8) is 0 Å². The number of carbonyl (C=O) groups excluding carboxylic acids is 1. The van der Waals surface area contributed by atoms with Gasteiger partial charge in [-0.25, -0.2) is 4.79 Å². The fourth-order valence-corrected chi connectivity index (χ4v) is 2.01. The third kappa shape index (κ3) is 3.01. The average Bonchev–Trinajstić information content (AvgIpc) is 2.47. The predicted octanol–water partition coefficient (Wildman–Crippen LogP) is 2.99. The van der Waals surface area contributed by atoms with Gasteiger partial charge in [0.25, 0.3) is 0 Å². The van der Waals surface area contributed by atoms with Crippen LogP contribution in [-0.4, -0.2) is 12.6 Å². The van der Waals surface area contributed by atoms with Gasteiger partial charge in [0.05, 0.1) is 12.2 Å². The minimum Gasteiger partial charge on any atom is -0.462 e. The van der Waals surface area contributed by atoms with Gasteiger partial charge in [-0.05, 0) is 35.7 Å². The Balaban J connectivity index is 2.40. The Morgan fingerprint density at radius 2 is 1.95 bits per heavy atom. The quantitative estimate of drug-likeness (QED) is 0.854. The molecule has 0 atom stereocenters. The Bertz CT molecular complexity index is 578. The zero-order chi connectivity index (χ0) is 13.7. The molecule has 3 nitrogen and oxygen atoms in total. The first-order valence-electron chi connectivity index (χ1n) is 6.31. The van der Waals surface area contributed by atoms with Crippen LogP contribution in [0.15, 0.2) is 48.5 Å². The molecule has 0 fully saturated rings. The van der Waals surface area contributed by atoms with Crippen LogP contribution in [-0.2, 0) is 11.3 Å². The number of hydrogen-bond donors (Lipinski definition) is 1. The van der Waals surface area contributed by atoms with E-state index in [9.17, 15) is 4.79 Å². The average molecular weight is 255 g/mol. The molecule has 0 radical (unpaired) electrons. The molecular formula is C16H17NO2. The summed E-state index contributed by atoms with van der Waals surface area (Å²) in [6.45, 7) is 2.65. The number of nitrogens with two attached hydrogens (primary N) is 1. The van der Waals surface area contributed by atoms with Crippen LogP contribution in [0.25, 0.3) is 11.1 Å². The standard InChI is InChI=1S/C16H17NO2/c1-2-19-16(18)13-8-5-7-12(10-13)15-9-4-3-6-14(15)11-17/h3-10H,2,11,17H2,1H3. The third-order valence-electron chi connectivity index (χ3n) is 2.92. The minimum absolute atomic E-state index is 0.297. The molecule has 0 aliphatic carbocycles. The van der Waals surface area contributed by atoms with Gasteiger partial charge in [-0.1, -0.05) is 36.4 Å². The van der Waals surface area contributed by atoms with E-state index in [-0.39, 0.29) is 5.97 Å². The Morgan fingerprint density at radius 3 is 2.68 bits per heavy atom. The lowest BCUT2D eigenvalue weighted by Crippen LogP contribution is -2.05. The summed E-state index contributed by atoms with van der Waals surface area (Å²) < 4.78 is 5.01. The lowest BCUT2D eigenvalue weighted by molar-refractivity contribution is 0.0526. The van der Waals surface area contributed by atoms with Crippen LogP contribution in [0.3, 0.4) is 0 Å². The highest BCUT2D eigenvalue weighted by Gasteiger charge is 2.09. The zero-order valence-electron chi connectivity index (χ0n) is 10.9. The van der Waals surface area contributed by atoms with Crippen LogP contribution in [0, 0.1) is 0 Å². The number of esters is 1. The van der Waals surface area contributed by atoms with Gasteiger partial charge < -0.3 is 10.5 Å². The smallest absolute Gasteiger partial charge is 0.338 e. The summed E-state index contributed by atoms with van der Waals surface area (Å²) in [4.78, 5) is 11.7. The van der Waals surface area contributed by atoms with Gasteiger partial charge in [-0.2, -0.15) is 0 Å². The van der Waals surface area contributed by atoms with E-state index in [1.54, 1.807) is 13.0 Å². The van der Waals surface area contributed by atoms with Gasteiger partial charge in [-0.15, -0.1) is 0 Å². The molecular weight excluding hydrogens is 238 g/mol. The van der Waals surface area contributed by atoms with Gasteiger partial charge in [0, 0.05) is 6.54 Å². The van der Waals surface area contributed by atoms with Crippen LogP contribution in [0.1, 0.15) is 22.8 Å². The minimum atomic E-state index is -0.297. The highest BCUT2D eigenvalue weighted by Crippen LogP contribution is 2.24. The molecule has 0 aromatic heterocycles. The molecule has 0 saturated carbocycles. The van der Waals surface area contributed by atoms with Gasteiger partial charge in [0.2, 0.25) is 0 Å². The Labute approximate surface area is 113 Å². The Hall–Kier alpha value is -2.13. The van der Waals surface area contributed by atoms with Crippen molar-refractivity contribution in [2.45, 2.75) is 13.5 Å². The van der Waals surface area contributed by atoms with Gasteiger partial charge in [-0.3, -0.25) is 0 Å². The van der Waals surface area contributed by atoms with Crippen molar-refractivity contribution in [3.05, 3.63) is 59.7 Å². The molecule has 0 unspecified atom stereocenters. The topological polar surface area (TPSA) is 52.3 Å². The Kier molecular flexibility index (Phi) is 4.31. The largest absolute Gasteiger partial charge is 0.462 e. The number of benzene rings is 2. The van der Waals surface area contributed by atoms with E-state index in [0.717, 1.165) is 16.7 Å². The number of ether oxygens (including phenoxy) is 1. The Morgan fingerprint density at radius 1 is 1.16 bits per heavy atom. The van der Waals surface area contributed by atoms with E-state index < -0.39 is 0 Å². The summed E-state index contributed by atoms with van der Waals surface area (Å²) in [5.74, 6) is -0.297. The summed E-state index contributed by atoms with van der Waals surface area (Å²) in [7, 11) is 0. The summed E-state index contributed by atoms with van der Waals surface area (Å²) in [6, 6.07) is 15.3. The first-order chi connectivity index (χ1) is 9.26. The van der Waals surface area contributed by atoms with Crippen molar-refractivity contribution < 1.29 is 9.53 Å². The lowest BCUT2D eigenvalue weighted by atomic mass is 9.98. The zero-order valence-corrected chi connectivity index (χ0v) is 10.9. The van der Waals surface area contributed by atoms with E-state index in [2.05, 4.69) is 0 Å².